The van der Waals surface area contributed by atoms with Crippen LogP contribution in [0.5, 0.6) is 5.75 Å². The van der Waals surface area contributed by atoms with Crippen molar-refractivity contribution < 1.29 is 14.6 Å². The molecule has 0 aliphatic carbocycles. The summed E-state index contributed by atoms with van der Waals surface area (Å²) in [6, 6.07) is 16.0. The summed E-state index contributed by atoms with van der Waals surface area (Å²) >= 11 is 5.79. The van der Waals surface area contributed by atoms with Crippen LogP contribution in [0, 0.1) is 0 Å². The van der Waals surface area contributed by atoms with Crippen molar-refractivity contribution in [2.45, 2.75) is 12.5 Å². The van der Waals surface area contributed by atoms with E-state index in [1.54, 1.807) is 48.5 Å². The van der Waals surface area contributed by atoms with Crippen molar-refractivity contribution in [3.8, 4) is 5.75 Å². The fourth-order valence-corrected chi connectivity index (χ4v) is 1.80. The quantitative estimate of drug-likeness (QED) is 0.910. The predicted molar refractivity (Wildman–Crippen MR) is 73.6 cm³/mol. The fourth-order valence-electron chi connectivity index (χ4n) is 1.68. The van der Waals surface area contributed by atoms with E-state index in [1.165, 1.54) is 0 Å². The molecule has 4 heteroatoms. The minimum Gasteiger partial charge on any atom is -0.478 e. The van der Waals surface area contributed by atoms with Crippen molar-refractivity contribution in [1.82, 2.24) is 0 Å². The standard InChI is InChI=1S/C15H13ClO3/c16-12-8-6-11(7-9-12)10-14(15(17)18)19-13-4-2-1-3-5-13/h1-9,14H,10H2,(H,17,18)/t14-/m1/s1. The van der Waals surface area contributed by atoms with Gasteiger partial charge in [0.15, 0.2) is 6.10 Å². The molecule has 0 aromatic heterocycles. The summed E-state index contributed by atoms with van der Waals surface area (Å²) in [6.45, 7) is 0. The van der Waals surface area contributed by atoms with Crippen LogP contribution in [0.15, 0.2) is 54.6 Å². The van der Waals surface area contributed by atoms with Crippen LogP contribution in [0.3, 0.4) is 0 Å². The summed E-state index contributed by atoms with van der Waals surface area (Å²) in [5.41, 5.74) is 0.868. The van der Waals surface area contributed by atoms with Gasteiger partial charge in [0, 0.05) is 11.4 Å². The second-order valence-corrected chi connectivity index (χ2v) is 4.52. The predicted octanol–water partition coefficient (Wildman–Crippen LogP) is 3.41. The molecule has 0 saturated heterocycles. The van der Waals surface area contributed by atoms with Gasteiger partial charge in [-0.05, 0) is 29.8 Å². The van der Waals surface area contributed by atoms with E-state index in [9.17, 15) is 9.90 Å². The van der Waals surface area contributed by atoms with E-state index in [4.69, 9.17) is 16.3 Å². The Morgan fingerprint density at radius 2 is 1.74 bits per heavy atom. The van der Waals surface area contributed by atoms with Gasteiger partial charge in [-0.15, -0.1) is 0 Å². The van der Waals surface area contributed by atoms with Gasteiger partial charge in [-0.3, -0.25) is 0 Å². The van der Waals surface area contributed by atoms with Gasteiger partial charge in [0.1, 0.15) is 5.75 Å². The molecule has 0 fully saturated rings. The maximum atomic E-state index is 11.2. The van der Waals surface area contributed by atoms with Gasteiger partial charge < -0.3 is 9.84 Å². The van der Waals surface area contributed by atoms with E-state index in [-0.39, 0.29) is 0 Å². The van der Waals surface area contributed by atoms with E-state index < -0.39 is 12.1 Å². The van der Waals surface area contributed by atoms with Gasteiger partial charge in [0.25, 0.3) is 0 Å². The second kappa shape index (κ2) is 6.25. The summed E-state index contributed by atoms with van der Waals surface area (Å²) in [5, 5.41) is 9.82. The molecular formula is C15H13ClO3. The minimum atomic E-state index is -0.987. The number of rotatable bonds is 5. The summed E-state index contributed by atoms with van der Waals surface area (Å²) in [5.74, 6) is -0.442. The molecule has 0 bridgehead atoms. The molecule has 19 heavy (non-hydrogen) atoms. The lowest BCUT2D eigenvalue weighted by Crippen LogP contribution is -2.29. The first-order valence-electron chi connectivity index (χ1n) is 5.84. The van der Waals surface area contributed by atoms with Gasteiger partial charge in [-0.25, -0.2) is 4.79 Å². The Balaban J connectivity index is 2.08. The smallest absolute Gasteiger partial charge is 0.345 e. The third-order valence-corrected chi connectivity index (χ3v) is 2.88. The SMILES string of the molecule is O=C(O)[C@@H](Cc1ccc(Cl)cc1)Oc1ccccc1. The molecule has 1 atom stereocenters. The number of hydrogen-bond acceptors (Lipinski definition) is 2. The summed E-state index contributed by atoms with van der Waals surface area (Å²) in [6.07, 6.45) is -0.620. The van der Waals surface area contributed by atoms with Crippen LogP contribution in [0.1, 0.15) is 5.56 Å². The third-order valence-electron chi connectivity index (χ3n) is 2.63. The number of benzene rings is 2. The highest BCUT2D eigenvalue weighted by Crippen LogP contribution is 2.16. The molecule has 0 saturated carbocycles. The number of halogens is 1. The third kappa shape index (κ3) is 4.00. The molecule has 0 radical (unpaired) electrons. The van der Waals surface area contributed by atoms with Gasteiger partial charge in [-0.1, -0.05) is 41.9 Å². The summed E-state index contributed by atoms with van der Waals surface area (Å²) in [7, 11) is 0. The van der Waals surface area contributed by atoms with Crippen molar-refractivity contribution in [2.24, 2.45) is 0 Å². The first-order valence-corrected chi connectivity index (χ1v) is 6.22. The largest absolute Gasteiger partial charge is 0.478 e. The van der Waals surface area contributed by atoms with Crippen molar-refractivity contribution in [3.05, 3.63) is 65.2 Å². The number of hydrogen-bond donors (Lipinski definition) is 1. The molecule has 3 nitrogen and oxygen atoms in total. The zero-order valence-corrected chi connectivity index (χ0v) is 10.9. The van der Waals surface area contributed by atoms with Crippen molar-refractivity contribution >= 4 is 17.6 Å². The molecule has 0 heterocycles. The lowest BCUT2D eigenvalue weighted by atomic mass is 10.1. The van der Waals surface area contributed by atoms with E-state index in [2.05, 4.69) is 0 Å². The molecule has 0 aliphatic rings. The van der Waals surface area contributed by atoms with Gasteiger partial charge >= 0.3 is 5.97 Å². The van der Waals surface area contributed by atoms with Gasteiger partial charge in [-0.2, -0.15) is 0 Å². The normalized spacial score (nSPS) is 11.8. The number of carboxylic acids is 1. The highest BCUT2D eigenvalue weighted by molar-refractivity contribution is 6.30. The van der Waals surface area contributed by atoms with Crippen molar-refractivity contribution in [2.75, 3.05) is 0 Å². The Morgan fingerprint density at radius 3 is 2.32 bits per heavy atom. The Bertz CT molecular complexity index is 537. The molecule has 98 valence electrons. The minimum absolute atomic E-state index is 0.293. The highest BCUT2D eigenvalue weighted by atomic mass is 35.5. The molecule has 2 aromatic rings. The van der Waals surface area contributed by atoms with Crippen LogP contribution in [0.2, 0.25) is 5.02 Å². The molecule has 0 amide bonds. The van der Waals surface area contributed by atoms with Crippen LogP contribution in [0.4, 0.5) is 0 Å². The lowest BCUT2D eigenvalue weighted by Gasteiger charge is -2.15. The Kier molecular flexibility index (Phi) is 4.42. The molecule has 1 N–H and O–H groups in total. The number of ether oxygens (including phenoxy) is 1. The molecule has 0 aliphatic heterocycles. The first kappa shape index (κ1) is 13.4. The van der Waals surface area contributed by atoms with Crippen LogP contribution in [0.25, 0.3) is 0 Å². The monoisotopic (exact) mass is 276 g/mol. The van der Waals surface area contributed by atoms with E-state index in [1.807, 2.05) is 6.07 Å². The van der Waals surface area contributed by atoms with E-state index in [0.717, 1.165) is 5.56 Å². The van der Waals surface area contributed by atoms with Crippen LogP contribution in [-0.2, 0) is 11.2 Å². The molecule has 0 unspecified atom stereocenters. The molecule has 2 aromatic carbocycles. The van der Waals surface area contributed by atoms with Crippen molar-refractivity contribution in [3.63, 3.8) is 0 Å². The number of carboxylic acid groups (broad SMARTS) is 1. The van der Waals surface area contributed by atoms with Crippen LogP contribution >= 0.6 is 11.6 Å². The van der Waals surface area contributed by atoms with E-state index >= 15 is 0 Å². The van der Waals surface area contributed by atoms with E-state index in [0.29, 0.717) is 17.2 Å². The van der Waals surface area contributed by atoms with Gasteiger partial charge in [0.2, 0.25) is 0 Å². The second-order valence-electron chi connectivity index (χ2n) is 4.09. The first-order chi connectivity index (χ1) is 9.15. The molecule has 0 spiro atoms. The molecular weight excluding hydrogens is 264 g/mol. The number of aliphatic carboxylic acids is 1. The highest BCUT2D eigenvalue weighted by Gasteiger charge is 2.19. The Morgan fingerprint density at radius 1 is 1.11 bits per heavy atom. The van der Waals surface area contributed by atoms with Crippen molar-refractivity contribution in [1.29, 1.82) is 0 Å². The zero-order chi connectivity index (χ0) is 13.7. The van der Waals surface area contributed by atoms with Crippen LogP contribution < -0.4 is 4.74 Å². The van der Waals surface area contributed by atoms with Crippen LogP contribution in [-0.4, -0.2) is 17.2 Å². The summed E-state index contributed by atoms with van der Waals surface area (Å²) in [4.78, 5) is 11.2. The number of carbonyl (C=O) groups is 1. The maximum Gasteiger partial charge on any atom is 0.345 e. The average molecular weight is 277 g/mol. The van der Waals surface area contributed by atoms with Gasteiger partial charge in [0.05, 0.1) is 0 Å². The molecule has 2 rings (SSSR count). The Hall–Kier alpha value is -2.00. The zero-order valence-electron chi connectivity index (χ0n) is 10.1. The topological polar surface area (TPSA) is 46.5 Å². The maximum absolute atomic E-state index is 11.2. The Labute approximate surface area is 116 Å². The number of para-hydroxylation sites is 1. The fraction of sp³-hybridized carbons (Fsp3) is 0.133. The average Bonchev–Trinajstić information content (AvgIpc) is 2.41. The summed E-state index contributed by atoms with van der Waals surface area (Å²) < 4.78 is 5.48. The lowest BCUT2D eigenvalue weighted by molar-refractivity contribution is -0.145.